The smallest absolute Gasteiger partial charge is 0.324 e. The SMILES string of the molecule is COc1ccc(S(=O)(=O)N(C)C(C)(C)C(=O)O)cc1. The molecule has 1 aromatic carbocycles. The molecule has 1 aromatic rings. The first kappa shape index (κ1) is 15.5. The van der Waals surface area contributed by atoms with Gasteiger partial charge in [0.1, 0.15) is 11.3 Å². The minimum atomic E-state index is -3.87. The van der Waals surface area contributed by atoms with Crippen molar-refractivity contribution in [3.63, 3.8) is 0 Å². The van der Waals surface area contributed by atoms with Gasteiger partial charge in [-0.15, -0.1) is 0 Å². The highest BCUT2D eigenvalue weighted by Crippen LogP contribution is 2.24. The number of hydrogen-bond acceptors (Lipinski definition) is 4. The topological polar surface area (TPSA) is 83.9 Å². The Bertz CT molecular complexity index is 562. The van der Waals surface area contributed by atoms with E-state index in [2.05, 4.69) is 0 Å². The second kappa shape index (κ2) is 5.18. The van der Waals surface area contributed by atoms with Crippen LogP contribution in [-0.2, 0) is 14.8 Å². The van der Waals surface area contributed by atoms with Gasteiger partial charge >= 0.3 is 5.97 Å². The van der Waals surface area contributed by atoms with Gasteiger partial charge in [0.25, 0.3) is 0 Å². The van der Waals surface area contributed by atoms with Gasteiger partial charge in [0.15, 0.2) is 0 Å². The van der Waals surface area contributed by atoms with E-state index in [1.807, 2.05) is 0 Å². The Balaban J connectivity index is 3.20. The number of carboxylic acids is 1. The van der Waals surface area contributed by atoms with E-state index in [1.54, 1.807) is 0 Å². The number of hydrogen-bond donors (Lipinski definition) is 1. The number of ether oxygens (including phenoxy) is 1. The van der Waals surface area contributed by atoms with Crippen molar-refractivity contribution >= 4 is 16.0 Å². The molecule has 7 heteroatoms. The van der Waals surface area contributed by atoms with Gasteiger partial charge in [-0.2, -0.15) is 4.31 Å². The lowest BCUT2D eigenvalue weighted by molar-refractivity contribution is -0.145. The van der Waals surface area contributed by atoms with Gasteiger partial charge in [0.2, 0.25) is 10.0 Å². The molecule has 0 spiro atoms. The van der Waals surface area contributed by atoms with Crippen molar-refractivity contribution in [1.82, 2.24) is 4.31 Å². The maximum atomic E-state index is 12.3. The summed E-state index contributed by atoms with van der Waals surface area (Å²) in [6.45, 7) is 2.66. The van der Waals surface area contributed by atoms with E-state index < -0.39 is 21.5 Å². The summed E-state index contributed by atoms with van der Waals surface area (Å²) in [7, 11) is -1.15. The Morgan fingerprint density at radius 3 is 2.11 bits per heavy atom. The van der Waals surface area contributed by atoms with Crippen LogP contribution in [0.3, 0.4) is 0 Å². The molecule has 6 nitrogen and oxygen atoms in total. The third-order valence-corrected chi connectivity index (χ3v) is 5.07. The van der Waals surface area contributed by atoms with E-state index in [9.17, 15) is 13.2 Å². The number of benzene rings is 1. The highest BCUT2D eigenvalue weighted by atomic mass is 32.2. The normalized spacial score (nSPS) is 12.5. The van der Waals surface area contributed by atoms with Crippen LogP contribution in [0.1, 0.15) is 13.8 Å². The van der Waals surface area contributed by atoms with Crippen LogP contribution in [0.4, 0.5) is 0 Å². The molecule has 0 fully saturated rings. The molecule has 0 bridgehead atoms. The van der Waals surface area contributed by atoms with Crippen LogP contribution in [0.25, 0.3) is 0 Å². The fourth-order valence-electron chi connectivity index (χ4n) is 1.34. The van der Waals surface area contributed by atoms with Gasteiger partial charge in [-0.1, -0.05) is 0 Å². The molecule has 106 valence electrons. The number of carbonyl (C=O) groups is 1. The molecule has 1 rings (SSSR count). The minimum Gasteiger partial charge on any atom is -0.497 e. The zero-order chi connectivity index (χ0) is 14.8. The molecule has 0 saturated carbocycles. The van der Waals surface area contributed by atoms with Crippen LogP contribution in [-0.4, -0.2) is 43.5 Å². The average molecular weight is 287 g/mol. The number of methoxy groups -OCH3 is 1. The van der Waals surface area contributed by atoms with Crippen LogP contribution in [0, 0.1) is 0 Å². The van der Waals surface area contributed by atoms with Crippen LogP contribution in [0.2, 0.25) is 0 Å². The van der Waals surface area contributed by atoms with Gasteiger partial charge in [-0.25, -0.2) is 8.42 Å². The van der Waals surface area contributed by atoms with Crippen molar-refractivity contribution in [2.45, 2.75) is 24.3 Å². The fourth-order valence-corrected chi connectivity index (χ4v) is 2.82. The largest absolute Gasteiger partial charge is 0.497 e. The molecule has 0 amide bonds. The van der Waals surface area contributed by atoms with E-state index >= 15 is 0 Å². The lowest BCUT2D eigenvalue weighted by Gasteiger charge is -2.30. The molecular formula is C12H17NO5S. The molecule has 1 N–H and O–H groups in total. The Hall–Kier alpha value is -1.60. The second-order valence-corrected chi connectivity index (χ2v) is 6.48. The molecule has 0 aliphatic rings. The van der Waals surface area contributed by atoms with Gasteiger partial charge in [0.05, 0.1) is 12.0 Å². The molecule has 0 aliphatic carbocycles. The Morgan fingerprint density at radius 1 is 1.26 bits per heavy atom. The van der Waals surface area contributed by atoms with E-state index in [0.29, 0.717) is 5.75 Å². The number of nitrogens with zero attached hydrogens (tertiary/aromatic N) is 1. The molecule has 0 heterocycles. The van der Waals surface area contributed by atoms with Crippen molar-refractivity contribution in [1.29, 1.82) is 0 Å². The Labute approximate surface area is 112 Å². The van der Waals surface area contributed by atoms with Crippen LogP contribution < -0.4 is 4.74 Å². The van der Waals surface area contributed by atoms with Gasteiger partial charge in [-0.05, 0) is 38.1 Å². The van der Waals surface area contributed by atoms with Crippen LogP contribution in [0.15, 0.2) is 29.2 Å². The highest BCUT2D eigenvalue weighted by Gasteiger charge is 2.40. The number of aliphatic carboxylic acids is 1. The average Bonchev–Trinajstić information content (AvgIpc) is 2.37. The van der Waals surface area contributed by atoms with E-state index in [-0.39, 0.29) is 4.90 Å². The fraction of sp³-hybridized carbons (Fsp3) is 0.417. The molecular weight excluding hydrogens is 270 g/mol. The quantitative estimate of drug-likeness (QED) is 0.879. The van der Waals surface area contributed by atoms with Gasteiger partial charge in [-0.3, -0.25) is 4.79 Å². The van der Waals surface area contributed by atoms with Crippen molar-refractivity contribution in [2.24, 2.45) is 0 Å². The van der Waals surface area contributed by atoms with Crippen molar-refractivity contribution < 1.29 is 23.1 Å². The van der Waals surface area contributed by atoms with Gasteiger partial charge < -0.3 is 9.84 Å². The van der Waals surface area contributed by atoms with E-state index in [0.717, 1.165) is 4.31 Å². The summed E-state index contributed by atoms with van der Waals surface area (Å²) in [5.74, 6) is -0.689. The molecule has 0 radical (unpaired) electrons. The summed E-state index contributed by atoms with van der Waals surface area (Å²) in [5.41, 5.74) is -1.53. The van der Waals surface area contributed by atoms with E-state index in [4.69, 9.17) is 9.84 Å². The predicted molar refractivity (Wildman–Crippen MR) is 69.7 cm³/mol. The standard InChI is InChI=1S/C12H17NO5S/c1-12(2,11(14)15)13(3)19(16,17)10-7-5-9(18-4)6-8-10/h5-8H,1-4H3,(H,14,15). The molecule has 0 unspecified atom stereocenters. The molecule has 0 aromatic heterocycles. The third-order valence-electron chi connectivity index (χ3n) is 3.03. The number of carboxylic acid groups (broad SMARTS) is 1. The predicted octanol–water partition coefficient (Wildman–Crippen LogP) is 1.18. The first-order chi connectivity index (χ1) is 8.64. The molecule has 19 heavy (non-hydrogen) atoms. The van der Waals surface area contributed by atoms with Crippen molar-refractivity contribution in [3.8, 4) is 5.75 Å². The maximum Gasteiger partial charge on any atom is 0.324 e. The highest BCUT2D eigenvalue weighted by molar-refractivity contribution is 7.89. The summed E-state index contributed by atoms with van der Waals surface area (Å²) in [4.78, 5) is 11.1. The van der Waals surface area contributed by atoms with Crippen LogP contribution in [0.5, 0.6) is 5.75 Å². The first-order valence-electron chi connectivity index (χ1n) is 5.50. The van der Waals surface area contributed by atoms with Crippen LogP contribution >= 0.6 is 0 Å². The summed E-state index contributed by atoms with van der Waals surface area (Å²) >= 11 is 0. The zero-order valence-corrected chi connectivity index (χ0v) is 12.1. The monoisotopic (exact) mass is 287 g/mol. The lowest BCUT2D eigenvalue weighted by atomic mass is 10.1. The minimum absolute atomic E-state index is 0.0186. The second-order valence-electron chi connectivity index (χ2n) is 4.51. The zero-order valence-electron chi connectivity index (χ0n) is 11.2. The third kappa shape index (κ3) is 2.87. The van der Waals surface area contributed by atoms with Crippen molar-refractivity contribution in [3.05, 3.63) is 24.3 Å². The lowest BCUT2D eigenvalue weighted by Crippen LogP contribution is -2.50. The van der Waals surface area contributed by atoms with Gasteiger partial charge in [0, 0.05) is 7.05 Å². The number of sulfonamides is 1. The summed E-state index contributed by atoms with van der Waals surface area (Å²) in [5, 5.41) is 9.08. The Kier molecular flexibility index (Phi) is 4.21. The molecule has 0 atom stereocenters. The number of rotatable bonds is 5. The summed E-state index contributed by atoms with van der Waals surface area (Å²) in [6.07, 6.45) is 0. The maximum absolute atomic E-state index is 12.3. The summed E-state index contributed by atoms with van der Waals surface area (Å²) < 4.78 is 30.4. The van der Waals surface area contributed by atoms with E-state index in [1.165, 1.54) is 52.3 Å². The first-order valence-corrected chi connectivity index (χ1v) is 6.94. The number of likely N-dealkylation sites (N-methyl/N-ethyl adjacent to an activating group) is 1. The molecule has 0 saturated heterocycles. The molecule has 0 aliphatic heterocycles. The van der Waals surface area contributed by atoms with Crippen molar-refractivity contribution in [2.75, 3.05) is 14.2 Å². The Morgan fingerprint density at radius 2 is 1.74 bits per heavy atom. The summed E-state index contributed by atoms with van der Waals surface area (Å²) in [6, 6.07) is 5.77.